The standard InChI is InChI=1S/C6H14Cl2OSi/c1-5-9-6(7,8)10(2,3)4/h5H2,1-4H3. The Kier molecular flexibility index (Phi) is 3.70. The molecule has 0 heterocycles. The van der Waals surface area contributed by atoms with Crippen LogP contribution in [-0.2, 0) is 4.74 Å². The highest BCUT2D eigenvalue weighted by atomic mass is 35.5. The van der Waals surface area contributed by atoms with Gasteiger partial charge in [0.2, 0.25) is 0 Å². The van der Waals surface area contributed by atoms with Crippen LogP contribution in [0.2, 0.25) is 19.6 Å². The lowest BCUT2D eigenvalue weighted by Crippen LogP contribution is -2.45. The summed E-state index contributed by atoms with van der Waals surface area (Å²) in [6, 6.07) is 0. The molecule has 0 aromatic heterocycles. The van der Waals surface area contributed by atoms with Gasteiger partial charge >= 0.3 is 0 Å². The topological polar surface area (TPSA) is 9.23 Å². The first-order valence-corrected chi connectivity index (χ1v) is 7.58. The molecule has 0 saturated carbocycles. The van der Waals surface area contributed by atoms with Gasteiger partial charge in [-0.25, -0.2) is 0 Å². The van der Waals surface area contributed by atoms with E-state index in [2.05, 4.69) is 19.6 Å². The quantitative estimate of drug-likeness (QED) is 0.503. The summed E-state index contributed by atoms with van der Waals surface area (Å²) >= 11 is 11.8. The second kappa shape index (κ2) is 3.44. The van der Waals surface area contributed by atoms with Crippen LogP contribution in [0.1, 0.15) is 6.92 Å². The molecule has 62 valence electrons. The second-order valence-corrected chi connectivity index (χ2v) is 10.3. The molecule has 1 nitrogen and oxygen atoms in total. The van der Waals surface area contributed by atoms with Gasteiger partial charge < -0.3 is 4.74 Å². The largest absolute Gasteiger partial charge is 0.350 e. The fraction of sp³-hybridized carbons (Fsp3) is 1.00. The van der Waals surface area contributed by atoms with Crippen LogP contribution in [0.25, 0.3) is 0 Å². The third-order valence-electron chi connectivity index (χ3n) is 1.20. The Hall–Kier alpha value is 0.757. The van der Waals surface area contributed by atoms with Gasteiger partial charge in [-0.1, -0.05) is 42.8 Å². The molecule has 0 rings (SSSR count). The van der Waals surface area contributed by atoms with Crippen LogP contribution in [0.15, 0.2) is 0 Å². The maximum atomic E-state index is 5.92. The Morgan fingerprint density at radius 2 is 1.70 bits per heavy atom. The van der Waals surface area contributed by atoms with Crippen molar-refractivity contribution >= 4 is 31.3 Å². The zero-order valence-corrected chi connectivity index (χ0v) is 9.38. The molecule has 10 heavy (non-hydrogen) atoms. The van der Waals surface area contributed by atoms with Crippen molar-refractivity contribution in [3.63, 3.8) is 0 Å². The molecular formula is C6H14Cl2OSi. The van der Waals surface area contributed by atoms with E-state index in [1.807, 2.05) is 6.92 Å². The van der Waals surface area contributed by atoms with Gasteiger partial charge in [0.15, 0.2) is 4.14 Å². The van der Waals surface area contributed by atoms with E-state index in [1.165, 1.54) is 0 Å². The summed E-state index contributed by atoms with van der Waals surface area (Å²) in [5.74, 6) is 0. The predicted molar refractivity (Wildman–Crippen MR) is 49.4 cm³/mol. The normalized spacial score (nSPS) is 13.8. The first kappa shape index (κ1) is 10.8. The van der Waals surface area contributed by atoms with E-state index in [0.717, 1.165) is 0 Å². The van der Waals surface area contributed by atoms with Crippen molar-refractivity contribution in [2.45, 2.75) is 30.7 Å². The molecule has 0 aromatic rings. The Labute approximate surface area is 73.7 Å². The Morgan fingerprint density at radius 1 is 1.30 bits per heavy atom. The van der Waals surface area contributed by atoms with Gasteiger partial charge in [0, 0.05) is 6.61 Å². The summed E-state index contributed by atoms with van der Waals surface area (Å²) in [4.78, 5) is 0. The third-order valence-corrected chi connectivity index (χ3v) is 6.71. The number of hydrogen-bond acceptors (Lipinski definition) is 1. The summed E-state index contributed by atoms with van der Waals surface area (Å²) in [5, 5.41) is 0. The molecule has 0 N–H and O–H groups in total. The molecule has 4 heteroatoms. The molecule has 0 radical (unpaired) electrons. The van der Waals surface area contributed by atoms with Gasteiger partial charge in [-0.15, -0.1) is 0 Å². The minimum absolute atomic E-state index is 0.567. The van der Waals surface area contributed by atoms with Crippen LogP contribution in [0, 0.1) is 0 Å². The molecule has 0 aromatic carbocycles. The lowest BCUT2D eigenvalue weighted by molar-refractivity contribution is 0.136. The van der Waals surface area contributed by atoms with Gasteiger partial charge in [-0.05, 0) is 6.92 Å². The third kappa shape index (κ3) is 2.78. The Morgan fingerprint density at radius 3 is 1.80 bits per heavy atom. The van der Waals surface area contributed by atoms with Crippen LogP contribution < -0.4 is 0 Å². The van der Waals surface area contributed by atoms with Gasteiger partial charge in [-0.3, -0.25) is 0 Å². The van der Waals surface area contributed by atoms with E-state index in [4.69, 9.17) is 27.9 Å². The minimum Gasteiger partial charge on any atom is -0.350 e. The van der Waals surface area contributed by atoms with Crippen LogP contribution in [0.3, 0.4) is 0 Å². The maximum Gasteiger partial charge on any atom is 0.198 e. The van der Waals surface area contributed by atoms with E-state index in [-0.39, 0.29) is 0 Å². The Balaban J connectivity index is 4.10. The lowest BCUT2D eigenvalue weighted by Gasteiger charge is -2.31. The molecule has 0 amide bonds. The molecule has 0 aliphatic heterocycles. The molecule has 0 spiro atoms. The summed E-state index contributed by atoms with van der Waals surface area (Å²) in [6.45, 7) is 8.67. The average molecular weight is 201 g/mol. The van der Waals surface area contributed by atoms with Crippen LogP contribution in [0.5, 0.6) is 0 Å². The van der Waals surface area contributed by atoms with E-state index in [0.29, 0.717) is 6.61 Å². The number of hydrogen-bond donors (Lipinski definition) is 0. The lowest BCUT2D eigenvalue weighted by atomic mass is 10.9. The molecule has 0 unspecified atom stereocenters. The molecule has 0 bridgehead atoms. The van der Waals surface area contributed by atoms with Crippen molar-refractivity contribution in [2.75, 3.05) is 6.61 Å². The van der Waals surface area contributed by atoms with Crippen molar-refractivity contribution in [3.05, 3.63) is 0 Å². The highest BCUT2D eigenvalue weighted by molar-refractivity contribution is 6.93. The fourth-order valence-corrected chi connectivity index (χ4v) is 1.19. The van der Waals surface area contributed by atoms with E-state index < -0.39 is 12.2 Å². The smallest absolute Gasteiger partial charge is 0.198 e. The van der Waals surface area contributed by atoms with Crippen molar-refractivity contribution in [3.8, 4) is 0 Å². The van der Waals surface area contributed by atoms with Crippen molar-refractivity contribution in [1.29, 1.82) is 0 Å². The minimum atomic E-state index is -1.60. The van der Waals surface area contributed by atoms with Crippen molar-refractivity contribution < 1.29 is 4.74 Å². The first-order chi connectivity index (χ1) is 4.31. The SMILES string of the molecule is CCOC(Cl)(Cl)[Si](C)(C)C. The molecule has 0 fully saturated rings. The highest BCUT2D eigenvalue weighted by Gasteiger charge is 2.40. The monoisotopic (exact) mass is 200 g/mol. The molecule has 0 aliphatic carbocycles. The summed E-state index contributed by atoms with van der Waals surface area (Å²) in [5.41, 5.74) is 0. The summed E-state index contributed by atoms with van der Waals surface area (Å²) < 4.78 is 4.26. The van der Waals surface area contributed by atoms with E-state index in [9.17, 15) is 0 Å². The summed E-state index contributed by atoms with van der Waals surface area (Å²) in [7, 11) is -1.60. The van der Waals surface area contributed by atoms with Gasteiger partial charge in [0.25, 0.3) is 0 Å². The first-order valence-electron chi connectivity index (χ1n) is 3.33. The predicted octanol–water partition coefficient (Wildman–Crippen LogP) is 3.03. The molecule has 0 saturated heterocycles. The molecule has 0 atom stereocenters. The van der Waals surface area contributed by atoms with Crippen molar-refractivity contribution in [2.24, 2.45) is 0 Å². The molecule has 0 aliphatic rings. The number of alkyl halides is 2. The summed E-state index contributed by atoms with van der Waals surface area (Å²) in [6.07, 6.45) is 0. The zero-order chi connectivity index (χ0) is 8.41. The average Bonchev–Trinajstić information content (AvgIpc) is 1.61. The van der Waals surface area contributed by atoms with Gasteiger partial charge in [0.05, 0.1) is 0 Å². The zero-order valence-electron chi connectivity index (χ0n) is 6.87. The van der Waals surface area contributed by atoms with Crippen LogP contribution in [0.4, 0.5) is 0 Å². The van der Waals surface area contributed by atoms with E-state index >= 15 is 0 Å². The second-order valence-electron chi connectivity index (χ2n) is 3.20. The fourth-order valence-electron chi connectivity index (χ4n) is 0.398. The molecular weight excluding hydrogens is 187 g/mol. The highest BCUT2D eigenvalue weighted by Crippen LogP contribution is 2.33. The van der Waals surface area contributed by atoms with Crippen LogP contribution >= 0.6 is 23.2 Å². The number of halogens is 2. The van der Waals surface area contributed by atoms with Gasteiger partial charge in [-0.2, -0.15) is 0 Å². The maximum absolute atomic E-state index is 5.92. The van der Waals surface area contributed by atoms with E-state index in [1.54, 1.807) is 0 Å². The number of ether oxygens (including phenoxy) is 1. The van der Waals surface area contributed by atoms with Gasteiger partial charge in [0.1, 0.15) is 8.07 Å². The number of rotatable bonds is 3. The van der Waals surface area contributed by atoms with Crippen LogP contribution in [-0.4, -0.2) is 18.8 Å². The van der Waals surface area contributed by atoms with Crippen molar-refractivity contribution in [1.82, 2.24) is 0 Å². The Bertz CT molecular complexity index is 109.